The Kier molecular flexibility index (Phi) is 4.68. The molecule has 0 unspecified atom stereocenters. The minimum Gasteiger partial charge on any atom is -0.431 e. The second-order valence-corrected chi connectivity index (χ2v) is 6.04. The number of nitro groups is 1. The number of rotatable bonds is 5. The van der Waals surface area contributed by atoms with Gasteiger partial charge >= 0.3 is 0 Å². The number of oxazole rings is 1. The first-order valence-electron chi connectivity index (χ1n) is 6.75. The zero-order chi connectivity index (χ0) is 17.1. The topological polar surface area (TPSA) is 98.3 Å². The lowest BCUT2D eigenvalue weighted by atomic mass is 10.3. The second kappa shape index (κ2) is 6.90. The van der Waals surface area contributed by atoms with Crippen molar-refractivity contribution in [1.29, 1.82) is 0 Å². The number of nitrogens with one attached hydrogen (secondary N) is 1. The fraction of sp³-hybridized carbons (Fsp3) is 0.0667. The van der Waals surface area contributed by atoms with Crippen molar-refractivity contribution in [3.05, 3.63) is 57.6 Å². The summed E-state index contributed by atoms with van der Waals surface area (Å²) in [5.74, 6) is -0.252. The average Bonchev–Trinajstić information content (AvgIpc) is 2.97. The van der Waals surface area contributed by atoms with Crippen LogP contribution in [0, 0.1) is 10.1 Å². The Morgan fingerprint density at radius 3 is 2.83 bits per heavy atom. The fourth-order valence-corrected chi connectivity index (χ4v) is 2.81. The number of fused-ring (bicyclic) bond motifs is 1. The number of carbonyl (C=O) groups is 1. The third kappa shape index (κ3) is 3.66. The van der Waals surface area contributed by atoms with E-state index in [4.69, 9.17) is 16.0 Å². The largest absolute Gasteiger partial charge is 0.431 e. The molecule has 0 spiro atoms. The quantitative estimate of drug-likeness (QED) is 0.416. The molecule has 2 aromatic carbocycles. The molecule has 0 aliphatic rings. The van der Waals surface area contributed by atoms with E-state index in [9.17, 15) is 14.9 Å². The Morgan fingerprint density at radius 2 is 2.12 bits per heavy atom. The van der Waals surface area contributed by atoms with Crippen molar-refractivity contribution in [2.75, 3.05) is 11.1 Å². The number of nitrogens with zero attached hydrogens (tertiary/aromatic N) is 2. The van der Waals surface area contributed by atoms with Crippen molar-refractivity contribution < 1.29 is 14.1 Å². The van der Waals surface area contributed by atoms with Crippen LogP contribution in [-0.2, 0) is 4.79 Å². The number of carbonyl (C=O) groups excluding carboxylic acids is 1. The van der Waals surface area contributed by atoms with Gasteiger partial charge in [0.05, 0.1) is 21.4 Å². The lowest BCUT2D eigenvalue weighted by Gasteiger charge is -2.06. The highest BCUT2D eigenvalue weighted by atomic mass is 35.5. The number of benzene rings is 2. The van der Waals surface area contributed by atoms with Gasteiger partial charge in [-0.3, -0.25) is 14.9 Å². The summed E-state index contributed by atoms with van der Waals surface area (Å²) in [6.45, 7) is 0. The number of non-ortho nitro benzene ring substituents is 1. The molecule has 0 saturated carbocycles. The van der Waals surface area contributed by atoms with Gasteiger partial charge < -0.3 is 9.73 Å². The predicted molar refractivity (Wildman–Crippen MR) is 91.5 cm³/mol. The van der Waals surface area contributed by atoms with Gasteiger partial charge in [-0.25, -0.2) is 4.98 Å². The van der Waals surface area contributed by atoms with E-state index in [-0.39, 0.29) is 22.4 Å². The summed E-state index contributed by atoms with van der Waals surface area (Å²) in [6, 6.07) is 11.2. The van der Waals surface area contributed by atoms with Crippen LogP contribution in [0.3, 0.4) is 0 Å². The third-order valence-electron chi connectivity index (χ3n) is 3.04. The van der Waals surface area contributed by atoms with Gasteiger partial charge in [0.2, 0.25) is 5.91 Å². The van der Waals surface area contributed by atoms with Crippen molar-refractivity contribution in [2.24, 2.45) is 0 Å². The Morgan fingerprint density at radius 1 is 1.33 bits per heavy atom. The van der Waals surface area contributed by atoms with E-state index in [2.05, 4.69) is 10.3 Å². The Hall–Kier alpha value is -2.58. The van der Waals surface area contributed by atoms with Gasteiger partial charge in [0, 0.05) is 12.1 Å². The average molecular weight is 364 g/mol. The van der Waals surface area contributed by atoms with Gasteiger partial charge in [0.1, 0.15) is 5.52 Å². The number of halogens is 1. The first kappa shape index (κ1) is 16.3. The molecule has 122 valence electrons. The van der Waals surface area contributed by atoms with Crippen LogP contribution in [0.4, 0.5) is 11.4 Å². The van der Waals surface area contributed by atoms with Crippen molar-refractivity contribution in [3.63, 3.8) is 0 Å². The van der Waals surface area contributed by atoms with E-state index in [1.54, 1.807) is 6.07 Å². The highest BCUT2D eigenvalue weighted by Crippen LogP contribution is 2.27. The minimum absolute atomic E-state index is 0.0696. The Labute approximate surface area is 145 Å². The normalized spacial score (nSPS) is 10.7. The van der Waals surface area contributed by atoms with Crippen molar-refractivity contribution >= 4 is 51.7 Å². The Bertz CT molecular complexity index is 895. The highest BCUT2D eigenvalue weighted by Gasteiger charge is 2.13. The lowest BCUT2D eigenvalue weighted by molar-refractivity contribution is -0.384. The third-order valence-corrected chi connectivity index (χ3v) is 4.18. The van der Waals surface area contributed by atoms with Crippen LogP contribution >= 0.6 is 23.4 Å². The summed E-state index contributed by atoms with van der Waals surface area (Å²) in [5.41, 5.74) is 1.54. The molecule has 0 aliphatic heterocycles. The van der Waals surface area contributed by atoms with Gasteiger partial charge in [-0.15, -0.1) is 0 Å². The molecule has 1 N–H and O–H groups in total. The van der Waals surface area contributed by atoms with Crippen LogP contribution in [0.1, 0.15) is 0 Å². The van der Waals surface area contributed by atoms with Gasteiger partial charge in [-0.05, 0) is 18.2 Å². The maximum Gasteiger partial charge on any atom is 0.271 e. The van der Waals surface area contributed by atoms with Crippen LogP contribution in [0.15, 0.2) is 52.1 Å². The zero-order valence-corrected chi connectivity index (χ0v) is 13.6. The van der Waals surface area contributed by atoms with Crippen LogP contribution in [0.25, 0.3) is 11.1 Å². The molecular weight excluding hydrogens is 354 g/mol. The molecule has 1 aromatic heterocycles. The molecule has 0 saturated heterocycles. The summed E-state index contributed by atoms with van der Waals surface area (Å²) in [7, 11) is 0. The molecule has 3 rings (SSSR count). The summed E-state index contributed by atoms with van der Waals surface area (Å²) in [4.78, 5) is 26.3. The molecule has 9 heteroatoms. The molecular formula is C15H10ClN3O4S. The lowest BCUT2D eigenvalue weighted by Crippen LogP contribution is -2.14. The molecule has 1 amide bonds. The van der Waals surface area contributed by atoms with Crippen molar-refractivity contribution in [1.82, 2.24) is 4.98 Å². The number of para-hydroxylation sites is 2. The van der Waals surface area contributed by atoms with Crippen LogP contribution < -0.4 is 5.32 Å². The maximum atomic E-state index is 12.0. The van der Waals surface area contributed by atoms with E-state index in [1.807, 2.05) is 18.2 Å². The number of aromatic nitrogens is 1. The molecule has 0 atom stereocenters. The number of hydrogen-bond donors (Lipinski definition) is 1. The smallest absolute Gasteiger partial charge is 0.271 e. The summed E-state index contributed by atoms with van der Waals surface area (Å²) >= 11 is 7.08. The second-order valence-electron chi connectivity index (χ2n) is 4.71. The standard InChI is InChI=1S/C15H10ClN3O4S/c16-10-7-9(19(21)22)5-6-11(10)17-14(20)8-24-15-18-12-3-1-2-4-13(12)23-15/h1-7H,8H2,(H,17,20). The van der Waals surface area contributed by atoms with Gasteiger partial charge in [0.15, 0.2) is 5.58 Å². The molecule has 1 heterocycles. The molecule has 7 nitrogen and oxygen atoms in total. The minimum atomic E-state index is -0.555. The first-order valence-corrected chi connectivity index (χ1v) is 8.11. The predicted octanol–water partition coefficient (Wildman–Crippen LogP) is 4.12. The summed E-state index contributed by atoms with van der Waals surface area (Å²) in [5, 5.41) is 13.7. The zero-order valence-electron chi connectivity index (χ0n) is 12.1. The molecule has 3 aromatic rings. The van der Waals surface area contributed by atoms with E-state index < -0.39 is 4.92 Å². The number of thioether (sulfide) groups is 1. The molecule has 24 heavy (non-hydrogen) atoms. The van der Waals surface area contributed by atoms with E-state index in [0.29, 0.717) is 16.5 Å². The number of nitro benzene ring substituents is 1. The maximum absolute atomic E-state index is 12.0. The van der Waals surface area contributed by atoms with E-state index in [1.165, 1.54) is 18.2 Å². The number of anilines is 1. The van der Waals surface area contributed by atoms with Gasteiger partial charge in [0.25, 0.3) is 10.9 Å². The van der Waals surface area contributed by atoms with Crippen molar-refractivity contribution in [2.45, 2.75) is 5.22 Å². The SMILES string of the molecule is O=C(CSc1nc2ccccc2o1)Nc1ccc([N+](=O)[O-])cc1Cl. The highest BCUT2D eigenvalue weighted by molar-refractivity contribution is 7.99. The number of hydrogen-bond acceptors (Lipinski definition) is 6. The summed E-state index contributed by atoms with van der Waals surface area (Å²) < 4.78 is 5.51. The number of amides is 1. The van der Waals surface area contributed by atoms with Gasteiger partial charge in [-0.2, -0.15) is 0 Å². The van der Waals surface area contributed by atoms with E-state index >= 15 is 0 Å². The fourth-order valence-electron chi connectivity index (χ4n) is 1.95. The van der Waals surface area contributed by atoms with E-state index in [0.717, 1.165) is 17.3 Å². The molecule has 0 bridgehead atoms. The monoisotopic (exact) mass is 363 g/mol. The van der Waals surface area contributed by atoms with Crippen molar-refractivity contribution in [3.8, 4) is 0 Å². The van der Waals surface area contributed by atoms with Gasteiger partial charge in [-0.1, -0.05) is 35.5 Å². The first-order chi connectivity index (χ1) is 11.5. The Balaban J connectivity index is 1.62. The van der Waals surface area contributed by atoms with Crippen LogP contribution in [0.2, 0.25) is 5.02 Å². The van der Waals surface area contributed by atoms with Crippen LogP contribution in [-0.4, -0.2) is 21.6 Å². The van der Waals surface area contributed by atoms with Crippen LogP contribution in [0.5, 0.6) is 0 Å². The molecule has 0 radical (unpaired) electrons. The summed E-state index contributed by atoms with van der Waals surface area (Å²) in [6.07, 6.45) is 0. The molecule has 0 fully saturated rings. The molecule has 0 aliphatic carbocycles.